The summed E-state index contributed by atoms with van der Waals surface area (Å²) >= 11 is 0. The second-order valence-electron chi connectivity index (χ2n) is 4.71. The summed E-state index contributed by atoms with van der Waals surface area (Å²) in [4.78, 5) is 0. The van der Waals surface area contributed by atoms with Gasteiger partial charge in [0.25, 0.3) is 0 Å². The molecule has 5 heteroatoms. The van der Waals surface area contributed by atoms with Crippen molar-refractivity contribution in [2.24, 2.45) is 0 Å². The third-order valence-electron chi connectivity index (χ3n) is 3.36. The summed E-state index contributed by atoms with van der Waals surface area (Å²) < 4.78 is 10.8. The fourth-order valence-electron chi connectivity index (χ4n) is 2.29. The normalized spacial score (nSPS) is 18.7. The largest absolute Gasteiger partial charge is 0.497 e. The maximum absolute atomic E-state index is 5.71. The zero-order valence-electron chi connectivity index (χ0n) is 10.9. The highest BCUT2D eigenvalue weighted by Gasteiger charge is 2.21. The first-order valence-electron chi connectivity index (χ1n) is 6.54. The van der Waals surface area contributed by atoms with Crippen LogP contribution in [0.3, 0.4) is 0 Å². The van der Waals surface area contributed by atoms with Crippen molar-refractivity contribution in [3.63, 3.8) is 0 Å². The predicted molar refractivity (Wildman–Crippen MR) is 70.1 cm³/mol. The Morgan fingerprint density at radius 2 is 2.16 bits per heavy atom. The molecular weight excluding hydrogens is 242 g/mol. The molecule has 0 saturated carbocycles. The number of nitrogens with zero attached hydrogens (tertiary/aromatic N) is 2. The number of nitrogens with one attached hydrogen (secondary N) is 1. The van der Waals surface area contributed by atoms with E-state index in [0.29, 0.717) is 18.2 Å². The molecule has 1 fully saturated rings. The quantitative estimate of drug-likeness (QED) is 0.911. The number of hydrogen-bond donors (Lipinski definition) is 1. The van der Waals surface area contributed by atoms with Gasteiger partial charge < -0.3 is 14.5 Å². The Bertz CT molecular complexity index is 530. The van der Waals surface area contributed by atoms with Crippen LogP contribution in [0, 0.1) is 0 Å². The van der Waals surface area contributed by atoms with E-state index in [1.54, 1.807) is 7.11 Å². The van der Waals surface area contributed by atoms with E-state index in [9.17, 15) is 0 Å². The van der Waals surface area contributed by atoms with Crippen LogP contribution in [0.5, 0.6) is 5.75 Å². The Kier molecular flexibility index (Phi) is 3.46. The van der Waals surface area contributed by atoms with Gasteiger partial charge in [0, 0.05) is 0 Å². The van der Waals surface area contributed by atoms with Gasteiger partial charge in [0.1, 0.15) is 5.75 Å². The fourth-order valence-corrected chi connectivity index (χ4v) is 2.29. The summed E-state index contributed by atoms with van der Waals surface area (Å²) in [5, 5.41) is 11.6. The molecule has 100 valence electrons. The van der Waals surface area contributed by atoms with E-state index in [4.69, 9.17) is 9.15 Å². The van der Waals surface area contributed by atoms with E-state index in [-0.39, 0.29) is 6.04 Å². The monoisotopic (exact) mass is 259 g/mol. The molecular formula is C14H17N3O2. The van der Waals surface area contributed by atoms with Gasteiger partial charge in [-0.25, -0.2) is 0 Å². The van der Waals surface area contributed by atoms with Gasteiger partial charge in [-0.1, -0.05) is 12.1 Å². The molecule has 1 aliphatic rings. The molecule has 5 nitrogen and oxygen atoms in total. The smallest absolute Gasteiger partial charge is 0.233 e. The van der Waals surface area contributed by atoms with Crippen molar-refractivity contribution in [2.75, 3.05) is 13.7 Å². The topological polar surface area (TPSA) is 60.2 Å². The molecule has 0 spiro atoms. The van der Waals surface area contributed by atoms with Crippen LogP contribution in [0.4, 0.5) is 0 Å². The maximum Gasteiger partial charge on any atom is 0.233 e. The van der Waals surface area contributed by atoms with Gasteiger partial charge in [-0.2, -0.15) is 0 Å². The molecule has 2 aromatic rings. The molecule has 1 aromatic heterocycles. The third kappa shape index (κ3) is 2.76. The molecule has 0 radical (unpaired) electrons. The summed E-state index contributed by atoms with van der Waals surface area (Å²) in [6, 6.07) is 8.13. The third-order valence-corrected chi connectivity index (χ3v) is 3.36. The minimum atomic E-state index is 0.233. The van der Waals surface area contributed by atoms with E-state index >= 15 is 0 Å². The first-order valence-corrected chi connectivity index (χ1v) is 6.54. The highest BCUT2D eigenvalue weighted by atomic mass is 16.5. The summed E-state index contributed by atoms with van der Waals surface area (Å²) in [6.45, 7) is 1.03. The van der Waals surface area contributed by atoms with Gasteiger partial charge in [-0.3, -0.25) is 0 Å². The van der Waals surface area contributed by atoms with Gasteiger partial charge in [-0.05, 0) is 37.1 Å². The van der Waals surface area contributed by atoms with Crippen molar-refractivity contribution in [2.45, 2.75) is 25.3 Å². The van der Waals surface area contributed by atoms with Crippen LogP contribution in [0.15, 0.2) is 28.7 Å². The minimum Gasteiger partial charge on any atom is -0.497 e. The second kappa shape index (κ2) is 5.40. The lowest BCUT2D eigenvalue weighted by Crippen LogP contribution is -2.12. The standard InChI is InChI=1S/C14H17N3O2/c1-18-11-6-4-10(5-7-11)9-13-16-17-14(19-13)12-3-2-8-15-12/h4-7,12,15H,2-3,8-9H2,1H3. The molecule has 0 amide bonds. The van der Waals surface area contributed by atoms with Gasteiger partial charge in [0.15, 0.2) is 0 Å². The van der Waals surface area contributed by atoms with Crippen LogP contribution < -0.4 is 10.1 Å². The Labute approximate surface area is 112 Å². The van der Waals surface area contributed by atoms with E-state index in [2.05, 4.69) is 15.5 Å². The van der Waals surface area contributed by atoms with Crippen molar-refractivity contribution >= 4 is 0 Å². The number of hydrogen-bond acceptors (Lipinski definition) is 5. The predicted octanol–water partition coefficient (Wildman–Crippen LogP) is 2.09. The Hall–Kier alpha value is -1.88. The average molecular weight is 259 g/mol. The van der Waals surface area contributed by atoms with Crippen LogP contribution in [0.1, 0.15) is 36.2 Å². The zero-order chi connectivity index (χ0) is 13.1. The van der Waals surface area contributed by atoms with E-state index in [1.165, 1.54) is 6.42 Å². The van der Waals surface area contributed by atoms with Gasteiger partial charge in [-0.15, -0.1) is 10.2 Å². The van der Waals surface area contributed by atoms with E-state index in [1.807, 2.05) is 24.3 Å². The van der Waals surface area contributed by atoms with Crippen LogP contribution >= 0.6 is 0 Å². The summed E-state index contributed by atoms with van der Waals surface area (Å²) in [5.74, 6) is 2.22. The van der Waals surface area contributed by atoms with Crippen molar-refractivity contribution in [1.82, 2.24) is 15.5 Å². The molecule has 0 aliphatic carbocycles. The highest BCUT2D eigenvalue weighted by Crippen LogP contribution is 2.22. The SMILES string of the molecule is COc1ccc(Cc2nnc(C3CCCN3)o2)cc1. The Morgan fingerprint density at radius 3 is 2.84 bits per heavy atom. The molecule has 2 heterocycles. The van der Waals surface area contributed by atoms with Crippen LogP contribution in [-0.4, -0.2) is 23.9 Å². The first-order chi connectivity index (χ1) is 9.35. The molecule has 1 unspecified atom stereocenters. The van der Waals surface area contributed by atoms with Crippen LogP contribution in [0.2, 0.25) is 0 Å². The van der Waals surface area contributed by atoms with Crippen molar-refractivity contribution in [3.05, 3.63) is 41.6 Å². The second-order valence-corrected chi connectivity index (χ2v) is 4.71. The average Bonchev–Trinajstić information content (AvgIpc) is 3.10. The minimum absolute atomic E-state index is 0.233. The van der Waals surface area contributed by atoms with Gasteiger partial charge in [0.2, 0.25) is 11.8 Å². The summed E-state index contributed by atoms with van der Waals surface area (Å²) in [6.07, 6.45) is 2.90. The van der Waals surface area contributed by atoms with E-state index < -0.39 is 0 Å². The fraction of sp³-hybridized carbons (Fsp3) is 0.429. The Balaban J connectivity index is 1.68. The highest BCUT2D eigenvalue weighted by molar-refractivity contribution is 5.28. The zero-order valence-corrected chi connectivity index (χ0v) is 10.9. The molecule has 1 saturated heterocycles. The lowest BCUT2D eigenvalue weighted by atomic mass is 10.1. The van der Waals surface area contributed by atoms with Gasteiger partial charge >= 0.3 is 0 Å². The first kappa shape index (κ1) is 12.2. The number of methoxy groups -OCH3 is 1. The number of ether oxygens (including phenoxy) is 1. The summed E-state index contributed by atoms with van der Waals surface area (Å²) in [7, 11) is 1.66. The molecule has 0 bridgehead atoms. The number of rotatable bonds is 4. The van der Waals surface area contributed by atoms with Gasteiger partial charge in [0.05, 0.1) is 19.6 Å². The Morgan fingerprint density at radius 1 is 1.32 bits per heavy atom. The van der Waals surface area contributed by atoms with E-state index in [0.717, 1.165) is 24.3 Å². The van der Waals surface area contributed by atoms with Crippen molar-refractivity contribution in [3.8, 4) is 5.75 Å². The van der Waals surface area contributed by atoms with Crippen LogP contribution in [0.25, 0.3) is 0 Å². The molecule has 1 aromatic carbocycles. The lowest BCUT2D eigenvalue weighted by Gasteiger charge is -2.03. The summed E-state index contributed by atoms with van der Waals surface area (Å²) in [5.41, 5.74) is 1.13. The lowest BCUT2D eigenvalue weighted by molar-refractivity contribution is 0.406. The molecule has 1 N–H and O–H groups in total. The maximum atomic E-state index is 5.71. The molecule has 1 aliphatic heterocycles. The molecule has 3 rings (SSSR count). The van der Waals surface area contributed by atoms with Crippen molar-refractivity contribution in [1.29, 1.82) is 0 Å². The van der Waals surface area contributed by atoms with Crippen molar-refractivity contribution < 1.29 is 9.15 Å². The number of benzene rings is 1. The number of aromatic nitrogens is 2. The molecule has 1 atom stereocenters. The van der Waals surface area contributed by atoms with Crippen LogP contribution in [-0.2, 0) is 6.42 Å². The molecule has 19 heavy (non-hydrogen) atoms.